The molecule has 0 atom stereocenters. The third kappa shape index (κ3) is 4.33. The van der Waals surface area contributed by atoms with Crippen LogP contribution in [0, 0.1) is 0 Å². The molecule has 3 N–H and O–H groups in total. The molecule has 1 aromatic carbocycles. The number of benzene rings is 1. The van der Waals surface area contributed by atoms with Crippen molar-refractivity contribution in [3.63, 3.8) is 0 Å². The van der Waals surface area contributed by atoms with Crippen molar-refractivity contribution in [3.8, 4) is 0 Å². The molecule has 80 valence electrons. The summed E-state index contributed by atoms with van der Waals surface area (Å²) in [5.74, 6) is -0.351. The summed E-state index contributed by atoms with van der Waals surface area (Å²) in [5.41, 5.74) is 4.85. The third-order valence-corrected chi connectivity index (χ3v) is 1.67. The molecule has 1 aromatic rings. The van der Waals surface area contributed by atoms with Crippen LogP contribution in [0.3, 0.4) is 0 Å². The van der Waals surface area contributed by atoms with Crippen molar-refractivity contribution < 1.29 is 9.59 Å². The van der Waals surface area contributed by atoms with Crippen LogP contribution >= 0.6 is 11.6 Å². The van der Waals surface area contributed by atoms with Gasteiger partial charge in [0.05, 0.1) is 0 Å². The minimum Gasteiger partial charge on any atom is -0.307 e. The molecule has 0 aliphatic rings. The summed E-state index contributed by atoms with van der Waals surface area (Å²) < 4.78 is 0. The van der Waals surface area contributed by atoms with Gasteiger partial charge in [-0.2, -0.15) is 0 Å². The molecule has 15 heavy (non-hydrogen) atoms. The molecule has 0 aliphatic heterocycles. The highest BCUT2D eigenvalue weighted by atomic mass is 35.5. The number of rotatable bonds is 1. The quantitative estimate of drug-likeness (QED) is 0.637. The van der Waals surface area contributed by atoms with Crippen LogP contribution in [-0.4, -0.2) is 11.9 Å². The van der Waals surface area contributed by atoms with E-state index in [4.69, 9.17) is 11.6 Å². The second-order valence-electron chi connectivity index (χ2n) is 2.77. The largest absolute Gasteiger partial charge is 0.337 e. The number of hydrogen-bond acceptors (Lipinski definition) is 2. The van der Waals surface area contributed by atoms with Crippen molar-refractivity contribution in [3.05, 3.63) is 29.3 Å². The van der Waals surface area contributed by atoms with Crippen LogP contribution in [0.5, 0.6) is 0 Å². The van der Waals surface area contributed by atoms with Crippen molar-refractivity contribution in [2.75, 3.05) is 5.32 Å². The summed E-state index contributed by atoms with van der Waals surface area (Å²) in [5, 5.41) is 3.01. The van der Waals surface area contributed by atoms with Gasteiger partial charge in [-0.15, -0.1) is 0 Å². The SMILES string of the molecule is CC(=O)NNC(=O)Nc1cccc(Cl)c1. The van der Waals surface area contributed by atoms with Gasteiger partial charge in [0.1, 0.15) is 0 Å². The summed E-state index contributed by atoms with van der Waals surface area (Å²) in [6.07, 6.45) is 0. The molecule has 0 bridgehead atoms. The van der Waals surface area contributed by atoms with Crippen LogP contribution in [-0.2, 0) is 4.79 Å². The molecule has 0 heterocycles. The summed E-state index contributed by atoms with van der Waals surface area (Å²) in [6.45, 7) is 1.29. The smallest absolute Gasteiger partial charge is 0.307 e. The molecule has 0 aliphatic carbocycles. The van der Waals surface area contributed by atoms with Crippen LogP contribution in [0.2, 0.25) is 5.02 Å². The molecule has 5 nitrogen and oxygen atoms in total. The van der Waals surface area contributed by atoms with Gasteiger partial charge < -0.3 is 5.32 Å². The summed E-state index contributed by atoms with van der Waals surface area (Å²) in [4.78, 5) is 21.6. The minimum absolute atomic E-state index is 0.351. The van der Waals surface area contributed by atoms with E-state index in [1.807, 2.05) is 0 Å². The van der Waals surface area contributed by atoms with E-state index in [0.717, 1.165) is 0 Å². The van der Waals surface area contributed by atoms with E-state index < -0.39 is 6.03 Å². The van der Waals surface area contributed by atoms with Crippen LogP contribution in [0.25, 0.3) is 0 Å². The molecule has 3 amide bonds. The number of urea groups is 1. The molecule has 0 aromatic heterocycles. The number of carbonyl (C=O) groups is 2. The number of hydrazine groups is 1. The monoisotopic (exact) mass is 227 g/mol. The van der Waals surface area contributed by atoms with Gasteiger partial charge in [0.15, 0.2) is 0 Å². The van der Waals surface area contributed by atoms with Gasteiger partial charge in [0.25, 0.3) is 0 Å². The first-order valence-electron chi connectivity index (χ1n) is 4.17. The number of nitrogens with one attached hydrogen (secondary N) is 3. The van der Waals surface area contributed by atoms with Crippen molar-refractivity contribution in [1.29, 1.82) is 0 Å². The molecule has 0 unspecified atom stereocenters. The minimum atomic E-state index is -0.535. The van der Waals surface area contributed by atoms with Crippen molar-refractivity contribution >= 4 is 29.2 Å². The lowest BCUT2D eigenvalue weighted by molar-refractivity contribution is -0.119. The Labute approximate surface area is 91.8 Å². The van der Waals surface area contributed by atoms with E-state index in [-0.39, 0.29) is 5.91 Å². The van der Waals surface area contributed by atoms with Crippen molar-refractivity contribution in [1.82, 2.24) is 10.9 Å². The number of anilines is 1. The van der Waals surface area contributed by atoms with Gasteiger partial charge in [-0.25, -0.2) is 10.2 Å². The third-order valence-electron chi connectivity index (χ3n) is 1.43. The topological polar surface area (TPSA) is 70.2 Å². The first kappa shape index (κ1) is 11.3. The van der Waals surface area contributed by atoms with Crippen molar-refractivity contribution in [2.45, 2.75) is 6.92 Å². The highest BCUT2D eigenvalue weighted by Crippen LogP contribution is 2.14. The molecule has 6 heteroatoms. The van der Waals surface area contributed by atoms with E-state index >= 15 is 0 Å². The van der Waals surface area contributed by atoms with E-state index in [2.05, 4.69) is 16.2 Å². The lowest BCUT2D eigenvalue weighted by Crippen LogP contribution is -2.42. The van der Waals surface area contributed by atoms with Crippen LogP contribution in [0.1, 0.15) is 6.92 Å². The normalized spacial score (nSPS) is 9.20. The first-order valence-corrected chi connectivity index (χ1v) is 4.55. The Morgan fingerprint density at radius 3 is 2.60 bits per heavy atom. The fourth-order valence-electron chi connectivity index (χ4n) is 0.873. The highest BCUT2D eigenvalue weighted by molar-refractivity contribution is 6.30. The second kappa shape index (κ2) is 5.21. The molecule has 1 rings (SSSR count). The Balaban J connectivity index is 2.48. The lowest BCUT2D eigenvalue weighted by Gasteiger charge is -2.07. The lowest BCUT2D eigenvalue weighted by atomic mass is 10.3. The Hall–Kier alpha value is -1.75. The molecule has 0 saturated carbocycles. The van der Waals surface area contributed by atoms with Gasteiger partial charge in [0.2, 0.25) is 5.91 Å². The molecule has 0 spiro atoms. The Morgan fingerprint density at radius 2 is 2.00 bits per heavy atom. The van der Waals surface area contributed by atoms with E-state index in [0.29, 0.717) is 10.7 Å². The fourth-order valence-corrected chi connectivity index (χ4v) is 1.06. The Kier molecular flexibility index (Phi) is 3.93. The van der Waals surface area contributed by atoms with Gasteiger partial charge in [-0.3, -0.25) is 10.2 Å². The standard InChI is InChI=1S/C9H10ClN3O2/c1-6(14)12-13-9(15)11-8-4-2-3-7(10)5-8/h2-5H,1H3,(H,12,14)(H2,11,13,15). The number of halogens is 1. The van der Waals surface area contributed by atoms with Crippen molar-refractivity contribution in [2.24, 2.45) is 0 Å². The van der Waals surface area contributed by atoms with E-state index in [1.54, 1.807) is 24.3 Å². The first-order chi connectivity index (χ1) is 7.08. The van der Waals surface area contributed by atoms with Gasteiger partial charge in [0, 0.05) is 17.6 Å². The number of carbonyl (C=O) groups excluding carboxylic acids is 2. The summed E-state index contributed by atoms with van der Waals surface area (Å²) in [6, 6.07) is 6.13. The van der Waals surface area contributed by atoms with Gasteiger partial charge in [-0.1, -0.05) is 17.7 Å². The molecule has 0 saturated heterocycles. The molecule has 0 fully saturated rings. The predicted molar refractivity (Wildman–Crippen MR) is 57.4 cm³/mol. The van der Waals surface area contributed by atoms with Crippen LogP contribution in [0.4, 0.5) is 10.5 Å². The average molecular weight is 228 g/mol. The molecular weight excluding hydrogens is 218 g/mol. The maximum absolute atomic E-state index is 11.1. The van der Waals surface area contributed by atoms with Crippen LogP contribution < -0.4 is 16.2 Å². The zero-order chi connectivity index (χ0) is 11.3. The molecule has 0 radical (unpaired) electrons. The second-order valence-corrected chi connectivity index (χ2v) is 3.21. The zero-order valence-electron chi connectivity index (χ0n) is 8.00. The Morgan fingerprint density at radius 1 is 1.27 bits per heavy atom. The maximum atomic E-state index is 11.1. The highest BCUT2D eigenvalue weighted by Gasteiger charge is 2.01. The van der Waals surface area contributed by atoms with Gasteiger partial charge >= 0.3 is 6.03 Å². The van der Waals surface area contributed by atoms with E-state index in [9.17, 15) is 9.59 Å². The maximum Gasteiger partial charge on any atom is 0.337 e. The average Bonchev–Trinajstić information content (AvgIpc) is 2.15. The van der Waals surface area contributed by atoms with Gasteiger partial charge in [-0.05, 0) is 18.2 Å². The van der Waals surface area contributed by atoms with E-state index in [1.165, 1.54) is 6.92 Å². The molecular formula is C9H10ClN3O2. The fraction of sp³-hybridized carbons (Fsp3) is 0.111. The number of amides is 3. The summed E-state index contributed by atoms with van der Waals surface area (Å²) >= 11 is 5.71. The Bertz CT molecular complexity index is 381. The summed E-state index contributed by atoms with van der Waals surface area (Å²) in [7, 11) is 0. The zero-order valence-corrected chi connectivity index (χ0v) is 8.76. The number of hydrogen-bond donors (Lipinski definition) is 3. The predicted octanol–water partition coefficient (Wildman–Crippen LogP) is 1.51. The van der Waals surface area contributed by atoms with Crippen LogP contribution in [0.15, 0.2) is 24.3 Å².